The van der Waals surface area contributed by atoms with Gasteiger partial charge in [-0.1, -0.05) is 50.9 Å². The third kappa shape index (κ3) is 5.64. The summed E-state index contributed by atoms with van der Waals surface area (Å²) < 4.78 is 8.32. The summed E-state index contributed by atoms with van der Waals surface area (Å²) in [5.41, 5.74) is 0.561. The largest absolute Gasteiger partial charge is 0.486 e. The SMILES string of the molecule is Cn1c(COc2ccc(Cl)cc2)nnc1SCC(=O)Nc1ccc(Br)cc1Cl. The molecule has 0 saturated carbocycles. The summed E-state index contributed by atoms with van der Waals surface area (Å²) in [6.45, 7) is 0.256. The van der Waals surface area contributed by atoms with Gasteiger partial charge in [0, 0.05) is 16.5 Å². The van der Waals surface area contributed by atoms with Crippen LogP contribution in [0, 0.1) is 0 Å². The van der Waals surface area contributed by atoms with Crippen molar-refractivity contribution in [3.63, 3.8) is 0 Å². The Hall–Kier alpha value is -1.74. The van der Waals surface area contributed by atoms with Crippen LogP contribution >= 0.6 is 50.9 Å². The van der Waals surface area contributed by atoms with Gasteiger partial charge in [-0.05, 0) is 42.5 Å². The molecule has 1 N–H and O–H groups in total. The summed E-state index contributed by atoms with van der Waals surface area (Å²) in [5.74, 6) is 1.33. The van der Waals surface area contributed by atoms with Gasteiger partial charge in [-0.15, -0.1) is 10.2 Å². The van der Waals surface area contributed by atoms with Crippen molar-refractivity contribution in [3.05, 3.63) is 62.8 Å². The number of nitrogens with one attached hydrogen (secondary N) is 1. The van der Waals surface area contributed by atoms with Crippen molar-refractivity contribution in [1.82, 2.24) is 14.8 Å². The Kier molecular flexibility index (Phi) is 7.23. The van der Waals surface area contributed by atoms with Crippen LogP contribution in [0.4, 0.5) is 5.69 Å². The number of hydrogen-bond donors (Lipinski definition) is 1. The minimum atomic E-state index is -0.184. The highest BCUT2D eigenvalue weighted by Crippen LogP contribution is 2.26. The highest BCUT2D eigenvalue weighted by molar-refractivity contribution is 9.10. The molecule has 0 atom stereocenters. The third-order valence-corrected chi connectivity index (χ3v) is 5.72. The van der Waals surface area contributed by atoms with E-state index in [1.807, 2.05) is 13.1 Å². The third-order valence-electron chi connectivity index (χ3n) is 3.64. The molecule has 3 aromatic rings. The molecule has 0 aliphatic rings. The topological polar surface area (TPSA) is 69.0 Å². The van der Waals surface area contributed by atoms with E-state index in [0.29, 0.717) is 32.5 Å². The normalized spacial score (nSPS) is 10.7. The minimum Gasteiger partial charge on any atom is -0.486 e. The maximum absolute atomic E-state index is 12.2. The number of ether oxygens (including phenoxy) is 1. The van der Waals surface area contributed by atoms with Crippen LogP contribution in [0.5, 0.6) is 5.75 Å². The van der Waals surface area contributed by atoms with Crippen molar-refractivity contribution in [2.75, 3.05) is 11.1 Å². The smallest absolute Gasteiger partial charge is 0.234 e. The van der Waals surface area contributed by atoms with Crippen molar-refractivity contribution >= 4 is 62.5 Å². The molecular weight excluding hydrogens is 487 g/mol. The van der Waals surface area contributed by atoms with Crippen molar-refractivity contribution in [3.8, 4) is 5.75 Å². The molecule has 0 radical (unpaired) electrons. The second-order valence-electron chi connectivity index (χ2n) is 5.66. The lowest BCUT2D eigenvalue weighted by Crippen LogP contribution is -2.15. The van der Waals surface area contributed by atoms with Crippen LogP contribution in [0.15, 0.2) is 52.1 Å². The van der Waals surface area contributed by atoms with Crippen LogP contribution < -0.4 is 10.1 Å². The van der Waals surface area contributed by atoms with Crippen LogP contribution in [0.1, 0.15) is 5.82 Å². The van der Waals surface area contributed by atoms with Gasteiger partial charge < -0.3 is 14.6 Å². The molecule has 1 heterocycles. The monoisotopic (exact) mass is 500 g/mol. The minimum absolute atomic E-state index is 0.177. The van der Waals surface area contributed by atoms with E-state index in [4.69, 9.17) is 27.9 Å². The number of anilines is 1. The number of halogens is 3. The molecule has 6 nitrogen and oxygen atoms in total. The highest BCUT2D eigenvalue weighted by atomic mass is 79.9. The molecule has 0 aliphatic carbocycles. The maximum atomic E-state index is 12.2. The molecule has 10 heteroatoms. The molecule has 0 unspecified atom stereocenters. The molecule has 0 bridgehead atoms. The van der Waals surface area contributed by atoms with Gasteiger partial charge in [0.25, 0.3) is 0 Å². The second-order valence-corrected chi connectivity index (χ2v) is 8.36. The Labute approximate surface area is 184 Å². The zero-order valence-corrected chi connectivity index (χ0v) is 18.6. The molecule has 3 rings (SSSR count). The average Bonchev–Trinajstić information content (AvgIpc) is 3.02. The molecule has 0 fully saturated rings. The van der Waals surface area contributed by atoms with E-state index in [9.17, 15) is 4.79 Å². The van der Waals surface area contributed by atoms with Gasteiger partial charge in [-0.3, -0.25) is 4.79 Å². The predicted molar refractivity (Wildman–Crippen MR) is 115 cm³/mol. The number of thioether (sulfide) groups is 1. The van der Waals surface area contributed by atoms with Crippen molar-refractivity contribution in [1.29, 1.82) is 0 Å². The van der Waals surface area contributed by atoms with Gasteiger partial charge in [0.15, 0.2) is 11.0 Å². The Balaban J connectivity index is 1.53. The van der Waals surface area contributed by atoms with Gasteiger partial charge in [0.1, 0.15) is 12.4 Å². The van der Waals surface area contributed by atoms with Gasteiger partial charge in [-0.25, -0.2) is 0 Å². The number of nitrogens with zero attached hydrogens (tertiary/aromatic N) is 3. The molecule has 2 aromatic carbocycles. The first kappa shape index (κ1) is 21.0. The summed E-state index contributed by atoms with van der Waals surface area (Å²) >= 11 is 16.6. The fourth-order valence-corrected chi connectivity index (χ4v) is 3.76. The molecule has 1 amide bonds. The average molecular weight is 502 g/mol. The van der Waals surface area contributed by atoms with Crippen LogP contribution in [-0.4, -0.2) is 26.4 Å². The number of amides is 1. The van der Waals surface area contributed by atoms with Crippen molar-refractivity contribution in [2.24, 2.45) is 7.05 Å². The fourth-order valence-electron chi connectivity index (χ4n) is 2.18. The quantitative estimate of drug-likeness (QED) is 0.451. The predicted octanol–water partition coefficient (Wildman–Crippen LogP) is 5.19. The number of carbonyl (C=O) groups excluding carboxylic acids is 1. The summed E-state index contributed by atoms with van der Waals surface area (Å²) in [6, 6.07) is 12.3. The molecular formula is C18H15BrCl2N4O2S. The Morgan fingerprint density at radius 3 is 2.68 bits per heavy atom. The Bertz CT molecular complexity index is 982. The zero-order chi connectivity index (χ0) is 20.1. The van der Waals surface area contributed by atoms with E-state index in [0.717, 1.165) is 4.47 Å². The van der Waals surface area contributed by atoms with Crippen LogP contribution in [-0.2, 0) is 18.4 Å². The van der Waals surface area contributed by atoms with E-state index in [2.05, 4.69) is 31.4 Å². The fraction of sp³-hybridized carbons (Fsp3) is 0.167. The number of hydrogen-bond acceptors (Lipinski definition) is 5. The maximum Gasteiger partial charge on any atom is 0.234 e. The van der Waals surface area contributed by atoms with E-state index >= 15 is 0 Å². The van der Waals surface area contributed by atoms with Gasteiger partial charge in [-0.2, -0.15) is 0 Å². The number of benzene rings is 2. The first-order chi connectivity index (χ1) is 13.4. The first-order valence-corrected chi connectivity index (χ1v) is 10.6. The lowest BCUT2D eigenvalue weighted by molar-refractivity contribution is -0.113. The number of aromatic nitrogens is 3. The highest BCUT2D eigenvalue weighted by Gasteiger charge is 2.13. The molecule has 0 spiro atoms. The Morgan fingerprint density at radius 1 is 1.21 bits per heavy atom. The lowest BCUT2D eigenvalue weighted by Gasteiger charge is -2.08. The lowest BCUT2D eigenvalue weighted by atomic mass is 10.3. The van der Waals surface area contributed by atoms with Crippen LogP contribution in [0.3, 0.4) is 0 Å². The second kappa shape index (κ2) is 9.65. The van der Waals surface area contributed by atoms with Crippen LogP contribution in [0.25, 0.3) is 0 Å². The molecule has 0 aliphatic heterocycles. The molecule has 28 heavy (non-hydrogen) atoms. The standard InChI is InChI=1S/C18H15BrCl2N4O2S/c1-25-16(9-27-13-5-3-12(20)4-6-13)23-24-18(25)28-10-17(26)22-15-7-2-11(19)8-14(15)21/h2-8H,9-10H2,1H3,(H,22,26). The van der Waals surface area contributed by atoms with Gasteiger partial charge in [0.05, 0.1) is 16.5 Å². The van der Waals surface area contributed by atoms with E-state index < -0.39 is 0 Å². The van der Waals surface area contributed by atoms with E-state index in [-0.39, 0.29) is 18.3 Å². The van der Waals surface area contributed by atoms with E-state index in [1.165, 1.54) is 11.8 Å². The van der Waals surface area contributed by atoms with Gasteiger partial charge >= 0.3 is 0 Å². The van der Waals surface area contributed by atoms with Crippen molar-refractivity contribution < 1.29 is 9.53 Å². The first-order valence-electron chi connectivity index (χ1n) is 8.06. The molecule has 1 aromatic heterocycles. The Morgan fingerprint density at radius 2 is 1.96 bits per heavy atom. The zero-order valence-electron chi connectivity index (χ0n) is 14.7. The summed E-state index contributed by atoms with van der Waals surface area (Å²) in [4.78, 5) is 12.2. The molecule has 146 valence electrons. The summed E-state index contributed by atoms with van der Waals surface area (Å²) in [6.07, 6.45) is 0. The van der Waals surface area contributed by atoms with Gasteiger partial charge in [0.2, 0.25) is 5.91 Å². The summed E-state index contributed by atoms with van der Waals surface area (Å²) in [7, 11) is 1.83. The molecule has 0 saturated heterocycles. The number of rotatable bonds is 7. The van der Waals surface area contributed by atoms with Crippen LogP contribution in [0.2, 0.25) is 10.0 Å². The number of carbonyl (C=O) groups is 1. The summed E-state index contributed by atoms with van der Waals surface area (Å²) in [5, 5.41) is 12.7. The van der Waals surface area contributed by atoms with E-state index in [1.54, 1.807) is 41.0 Å². The van der Waals surface area contributed by atoms with Crippen molar-refractivity contribution in [2.45, 2.75) is 11.8 Å².